The summed E-state index contributed by atoms with van der Waals surface area (Å²) in [5, 5.41) is 3.56. The Bertz CT molecular complexity index is 665. The fraction of sp³-hybridized carbons (Fsp3) is 0.478. The van der Waals surface area contributed by atoms with Crippen molar-refractivity contribution in [1.82, 2.24) is 0 Å². The van der Waals surface area contributed by atoms with Crippen LogP contribution in [-0.2, 0) is 6.42 Å². The van der Waals surface area contributed by atoms with Crippen molar-refractivity contribution in [3.8, 4) is 11.5 Å². The SMILES string of the molecule is CCCCCCCCCCCc1cccc2c1Nc1ccccc1O2. The molecule has 2 heteroatoms. The van der Waals surface area contributed by atoms with Crippen LogP contribution in [0.25, 0.3) is 0 Å². The molecule has 0 spiro atoms. The van der Waals surface area contributed by atoms with E-state index in [0.29, 0.717) is 0 Å². The molecular formula is C23H31NO. The van der Waals surface area contributed by atoms with E-state index in [-0.39, 0.29) is 0 Å². The number of fused-ring (bicyclic) bond motifs is 2. The van der Waals surface area contributed by atoms with Gasteiger partial charge in [-0.3, -0.25) is 0 Å². The molecule has 1 heterocycles. The number of hydrogen-bond acceptors (Lipinski definition) is 2. The van der Waals surface area contributed by atoms with Gasteiger partial charge < -0.3 is 10.1 Å². The average molecular weight is 338 g/mol. The summed E-state index contributed by atoms with van der Waals surface area (Å²) in [4.78, 5) is 0. The first-order valence-corrected chi connectivity index (χ1v) is 10.0. The lowest BCUT2D eigenvalue weighted by molar-refractivity contribution is 0.480. The Morgan fingerprint density at radius 1 is 0.720 bits per heavy atom. The minimum absolute atomic E-state index is 0.912. The lowest BCUT2D eigenvalue weighted by Crippen LogP contribution is -2.05. The maximum atomic E-state index is 6.05. The summed E-state index contributed by atoms with van der Waals surface area (Å²) >= 11 is 0. The van der Waals surface area contributed by atoms with Gasteiger partial charge >= 0.3 is 0 Å². The molecule has 134 valence electrons. The quantitative estimate of drug-likeness (QED) is 0.384. The molecular weight excluding hydrogens is 306 g/mol. The highest BCUT2D eigenvalue weighted by molar-refractivity contribution is 5.77. The molecule has 1 N–H and O–H groups in total. The van der Waals surface area contributed by atoms with Crippen molar-refractivity contribution in [3.05, 3.63) is 48.0 Å². The topological polar surface area (TPSA) is 21.3 Å². The Balaban J connectivity index is 1.44. The van der Waals surface area contributed by atoms with Crippen molar-refractivity contribution >= 4 is 11.4 Å². The van der Waals surface area contributed by atoms with Crippen molar-refractivity contribution in [2.75, 3.05) is 5.32 Å². The Morgan fingerprint density at radius 2 is 1.40 bits per heavy atom. The summed E-state index contributed by atoms with van der Waals surface area (Å²) in [5.41, 5.74) is 3.59. The molecule has 1 aliphatic heterocycles. The molecule has 1 aliphatic rings. The number of hydrogen-bond donors (Lipinski definition) is 1. The third-order valence-corrected chi connectivity index (χ3v) is 5.03. The van der Waals surface area contributed by atoms with E-state index in [9.17, 15) is 0 Å². The highest BCUT2D eigenvalue weighted by Gasteiger charge is 2.18. The first-order chi connectivity index (χ1) is 12.4. The van der Waals surface area contributed by atoms with E-state index in [1.807, 2.05) is 18.2 Å². The third-order valence-electron chi connectivity index (χ3n) is 5.03. The van der Waals surface area contributed by atoms with Crippen LogP contribution in [0.2, 0.25) is 0 Å². The molecule has 25 heavy (non-hydrogen) atoms. The molecule has 2 aromatic rings. The number of nitrogens with one attached hydrogen (secondary N) is 1. The Morgan fingerprint density at radius 3 is 2.20 bits per heavy atom. The van der Waals surface area contributed by atoms with Gasteiger partial charge in [0.2, 0.25) is 0 Å². The second-order valence-corrected chi connectivity index (χ2v) is 7.09. The average Bonchev–Trinajstić information content (AvgIpc) is 2.65. The van der Waals surface area contributed by atoms with Gasteiger partial charge in [-0.2, -0.15) is 0 Å². The van der Waals surface area contributed by atoms with E-state index in [4.69, 9.17) is 4.74 Å². The largest absolute Gasteiger partial charge is 0.453 e. The Hall–Kier alpha value is -1.96. The van der Waals surface area contributed by atoms with Gasteiger partial charge in [0, 0.05) is 0 Å². The zero-order chi connectivity index (χ0) is 17.3. The van der Waals surface area contributed by atoms with Crippen LogP contribution in [0.1, 0.15) is 70.3 Å². The van der Waals surface area contributed by atoms with Gasteiger partial charge in [-0.25, -0.2) is 0 Å². The number of anilines is 2. The lowest BCUT2D eigenvalue weighted by atomic mass is 10.0. The van der Waals surface area contributed by atoms with Gasteiger partial charge in [0.25, 0.3) is 0 Å². The molecule has 0 radical (unpaired) electrons. The summed E-state index contributed by atoms with van der Waals surface area (Å²) in [6, 6.07) is 14.5. The molecule has 0 unspecified atom stereocenters. The van der Waals surface area contributed by atoms with Crippen LogP contribution in [-0.4, -0.2) is 0 Å². The first kappa shape index (κ1) is 17.8. The molecule has 0 aliphatic carbocycles. The van der Waals surface area contributed by atoms with Gasteiger partial charge in [0.15, 0.2) is 11.5 Å². The lowest BCUT2D eigenvalue weighted by Gasteiger charge is -2.24. The van der Waals surface area contributed by atoms with Gasteiger partial charge in [-0.05, 0) is 36.6 Å². The van der Waals surface area contributed by atoms with Gasteiger partial charge in [0.05, 0.1) is 11.4 Å². The van der Waals surface area contributed by atoms with Crippen LogP contribution >= 0.6 is 0 Å². The molecule has 2 nitrogen and oxygen atoms in total. The van der Waals surface area contributed by atoms with Gasteiger partial charge in [-0.1, -0.05) is 82.6 Å². The minimum atomic E-state index is 0.912. The normalized spacial score (nSPS) is 12.0. The highest BCUT2D eigenvalue weighted by Crippen LogP contribution is 2.43. The molecule has 0 atom stereocenters. The number of benzene rings is 2. The van der Waals surface area contributed by atoms with E-state index in [0.717, 1.165) is 29.3 Å². The van der Waals surface area contributed by atoms with Gasteiger partial charge in [-0.15, -0.1) is 0 Å². The van der Waals surface area contributed by atoms with Crippen molar-refractivity contribution in [2.45, 2.75) is 71.1 Å². The Kier molecular flexibility index (Phi) is 6.79. The van der Waals surface area contributed by atoms with Gasteiger partial charge in [0.1, 0.15) is 0 Å². The van der Waals surface area contributed by atoms with Crippen LogP contribution in [0.4, 0.5) is 11.4 Å². The number of ether oxygens (including phenoxy) is 1. The summed E-state index contributed by atoms with van der Waals surface area (Å²) in [6.07, 6.45) is 13.5. The molecule has 2 aromatic carbocycles. The van der Waals surface area contributed by atoms with Crippen LogP contribution in [0.3, 0.4) is 0 Å². The maximum Gasteiger partial charge on any atom is 0.151 e. The summed E-state index contributed by atoms with van der Waals surface area (Å²) in [6.45, 7) is 2.28. The molecule has 0 saturated heterocycles. The number of unbranched alkanes of at least 4 members (excludes halogenated alkanes) is 8. The van der Waals surface area contributed by atoms with Crippen molar-refractivity contribution in [3.63, 3.8) is 0 Å². The Labute approximate surface area is 152 Å². The molecule has 0 fully saturated rings. The van der Waals surface area contributed by atoms with E-state index >= 15 is 0 Å². The third kappa shape index (κ3) is 5.01. The summed E-state index contributed by atoms with van der Waals surface area (Å²) in [7, 11) is 0. The van der Waals surface area contributed by atoms with E-state index in [1.165, 1.54) is 63.4 Å². The van der Waals surface area contributed by atoms with Crippen LogP contribution in [0.5, 0.6) is 11.5 Å². The van der Waals surface area contributed by atoms with Crippen molar-refractivity contribution < 1.29 is 4.74 Å². The fourth-order valence-electron chi connectivity index (χ4n) is 3.55. The zero-order valence-electron chi connectivity index (χ0n) is 15.5. The molecule has 0 amide bonds. The maximum absolute atomic E-state index is 6.05. The highest BCUT2D eigenvalue weighted by atomic mass is 16.5. The van der Waals surface area contributed by atoms with Crippen molar-refractivity contribution in [2.24, 2.45) is 0 Å². The zero-order valence-corrected chi connectivity index (χ0v) is 15.5. The predicted octanol–water partition coefficient (Wildman–Crippen LogP) is 7.61. The fourth-order valence-corrected chi connectivity index (χ4v) is 3.55. The van der Waals surface area contributed by atoms with Crippen LogP contribution in [0.15, 0.2) is 42.5 Å². The smallest absolute Gasteiger partial charge is 0.151 e. The summed E-state index contributed by atoms with van der Waals surface area (Å²) < 4.78 is 6.05. The predicted molar refractivity (Wildman–Crippen MR) is 107 cm³/mol. The van der Waals surface area contributed by atoms with Crippen LogP contribution < -0.4 is 10.1 Å². The second-order valence-electron chi connectivity index (χ2n) is 7.09. The second kappa shape index (κ2) is 9.50. The first-order valence-electron chi connectivity index (χ1n) is 10.0. The molecule has 3 rings (SSSR count). The summed E-state index contributed by atoms with van der Waals surface area (Å²) in [5.74, 6) is 1.86. The van der Waals surface area contributed by atoms with E-state index < -0.39 is 0 Å². The number of rotatable bonds is 10. The van der Waals surface area contributed by atoms with E-state index in [1.54, 1.807) is 0 Å². The molecule has 0 bridgehead atoms. The molecule has 0 saturated carbocycles. The number of aryl methyl sites for hydroxylation is 1. The standard InChI is InChI=1S/C23H31NO/c1-2-3-4-5-6-7-8-9-10-14-19-15-13-18-22-23(19)24-20-16-11-12-17-21(20)25-22/h11-13,15-18,24H,2-10,14H2,1H3. The minimum Gasteiger partial charge on any atom is -0.453 e. The van der Waals surface area contributed by atoms with E-state index in [2.05, 4.69) is 36.5 Å². The number of para-hydroxylation sites is 3. The monoisotopic (exact) mass is 337 g/mol. The van der Waals surface area contributed by atoms with Crippen molar-refractivity contribution in [1.29, 1.82) is 0 Å². The molecule has 0 aromatic heterocycles. The van der Waals surface area contributed by atoms with Crippen LogP contribution in [0, 0.1) is 0 Å².